The average Bonchev–Trinajstić information content (AvgIpc) is 2.95. The molecule has 4 rings (SSSR count). The highest BCUT2D eigenvalue weighted by atomic mass is 16.3. The summed E-state index contributed by atoms with van der Waals surface area (Å²) in [6, 6.07) is 0.559. The highest BCUT2D eigenvalue weighted by Gasteiger charge is 2.44. The Balaban J connectivity index is 1.59. The lowest BCUT2D eigenvalue weighted by Crippen LogP contribution is -2.48. The first kappa shape index (κ1) is 14.2. The highest BCUT2D eigenvalue weighted by Crippen LogP contribution is 2.39. The molecule has 1 unspecified atom stereocenters. The van der Waals surface area contributed by atoms with Crippen molar-refractivity contribution in [2.24, 2.45) is 5.92 Å². The molecule has 6 nitrogen and oxygen atoms in total. The number of piperidine rings is 1. The van der Waals surface area contributed by atoms with Crippen LogP contribution in [-0.2, 0) is 13.0 Å². The predicted octanol–water partition coefficient (Wildman–Crippen LogP) is 1.38. The maximum Gasteiger partial charge on any atom is 0.292 e. The zero-order valence-electron chi connectivity index (χ0n) is 12.9. The minimum atomic E-state index is 0.0598. The zero-order valence-corrected chi connectivity index (χ0v) is 12.9. The molecule has 1 N–H and O–H groups in total. The first-order valence-electron chi connectivity index (χ1n) is 8.63. The maximum absolute atomic E-state index is 13.0. The smallest absolute Gasteiger partial charge is 0.292 e. The van der Waals surface area contributed by atoms with Gasteiger partial charge in [0.05, 0.1) is 0 Å². The van der Waals surface area contributed by atoms with E-state index in [1.165, 1.54) is 6.42 Å². The summed E-state index contributed by atoms with van der Waals surface area (Å²) in [6.45, 7) is 1.11. The second-order valence-electron chi connectivity index (χ2n) is 7.02. The molecule has 0 aromatic carbocycles. The second-order valence-corrected chi connectivity index (χ2v) is 7.02. The van der Waals surface area contributed by atoms with Crippen LogP contribution in [0.4, 0.5) is 0 Å². The fraction of sp³-hybridized carbons (Fsp3) is 0.812. The summed E-state index contributed by atoms with van der Waals surface area (Å²) >= 11 is 0. The topological polar surface area (TPSA) is 71.2 Å². The molecule has 2 fully saturated rings. The molecule has 120 valence electrons. The molecule has 6 heteroatoms. The summed E-state index contributed by atoms with van der Waals surface area (Å²) in [5.74, 6) is 1.93. The average molecular weight is 304 g/mol. The van der Waals surface area contributed by atoms with Crippen LogP contribution in [0.3, 0.4) is 0 Å². The van der Waals surface area contributed by atoms with Crippen LogP contribution in [0, 0.1) is 5.92 Å². The fourth-order valence-corrected chi connectivity index (χ4v) is 4.53. The monoisotopic (exact) mass is 304 g/mol. The number of rotatable bonds is 2. The molecule has 1 aromatic heterocycles. The van der Waals surface area contributed by atoms with Crippen molar-refractivity contribution in [3.05, 3.63) is 11.6 Å². The van der Waals surface area contributed by atoms with Gasteiger partial charge in [0.1, 0.15) is 5.82 Å². The van der Waals surface area contributed by atoms with Crippen molar-refractivity contribution in [2.45, 2.75) is 70.0 Å². The molecule has 0 saturated carbocycles. The number of amides is 1. The van der Waals surface area contributed by atoms with Gasteiger partial charge in [-0.3, -0.25) is 4.79 Å². The molecule has 3 atom stereocenters. The van der Waals surface area contributed by atoms with E-state index in [1.54, 1.807) is 0 Å². The Morgan fingerprint density at radius 3 is 2.64 bits per heavy atom. The number of aromatic nitrogens is 3. The van der Waals surface area contributed by atoms with Crippen LogP contribution >= 0.6 is 0 Å². The van der Waals surface area contributed by atoms with Gasteiger partial charge in [-0.05, 0) is 44.4 Å². The van der Waals surface area contributed by atoms with Gasteiger partial charge in [-0.15, -0.1) is 10.2 Å². The van der Waals surface area contributed by atoms with Gasteiger partial charge >= 0.3 is 0 Å². The number of fused-ring (bicyclic) bond motifs is 3. The van der Waals surface area contributed by atoms with Crippen molar-refractivity contribution >= 4 is 5.91 Å². The Kier molecular flexibility index (Phi) is 3.64. The van der Waals surface area contributed by atoms with Crippen LogP contribution in [0.25, 0.3) is 0 Å². The van der Waals surface area contributed by atoms with Gasteiger partial charge in [-0.1, -0.05) is 6.42 Å². The first-order chi connectivity index (χ1) is 10.8. The molecular formula is C16H24N4O2. The van der Waals surface area contributed by atoms with E-state index in [0.717, 1.165) is 57.3 Å². The van der Waals surface area contributed by atoms with Crippen LogP contribution in [0.15, 0.2) is 0 Å². The molecule has 4 heterocycles. The summed E-state index contributed by atoms with van der Waals surface area (Å²) in [6.07, 6.45) is 8.36. The van der Waals surface area contributed by atoms with E-state index in [-0.39, 0.29) is 24.6 Å². The number of aliphatic hydroxyl groups excluding tert-OH is 1. The molecule has 0 radical (unpaired) electrons. The number of aryl methyl sites for hydroxylation is 1. The van der Waals surface area contributed by atoms with Crippen molar-refractivity contribution in [3.63, 3.8) is 0 Å². The van der Waals surface area contributed by atoms with Crippen LogP contribution in [-0.4, -0.2) is 49.4 Å². The van der Waals surface area contributed by atoms with Gasteiger partial charge in [-0.25, -0.2) is 0 Å². The number of hydrogen-bond acceptors (Lipinski definition) is 4. The van der Waals surface area contributed by atoms with Crippen LogP contribution < -0.4 is 0 Å². The normalized spacial score (nSPS) is 31.0. The molecule has 0 aliphatic carbocycles. The van der Waals surface area contributed by atoms with Crippen molar-refractivity contribution in [2.75, 3.05) is 6.61 Å². The van der Waals surface area contributed by atoms with Crippen molar-refractivity contribution < 1.29 is 9.90 Å². The minimum absolute atomic E-state index is 0.0598. The minimum Gasteiger partial charge on any atom is -0.396 e. The lowest BCUT2D eigenvalue weighted by Gasteiger charge is -2.38. The Bertz CT molecular complexity index is 556. The van der Waals surface area contributed by atoms with Crippen LogP contribution in [0.1, 0.15) is 61.4 Å². The SMILES string of the molecule is O=C(c1nnc2n1CCCCC2)N1[C@@H]2CC[C@H]1CC(CO)C2. The number of nitrogens with zero attached hydrogens (tertiary/aromatic N) is 4. The lowest BCUT2D eigenvalue weighted by atomic mass is 9.91. The predicted molar refractivity (Wildman–Crippen MR) is 80.4 cm³/mol. The van der Waals surface area contributed by atoms with E-state index < -0.39 is 0 Å². The Morgan fingerprint density at radius 1 is 1.14 bits per heavy atom. The Labute approximate surface area is 130 Å². The van der Waals surface area contributed by atoms with Gasteiger partial charge in [0.15, 0.2) is 0 Å². The summed E-state index contributed by atoms with van der Waals surface area (Å²) < 4.78 is 2.05. The standard InChI is InChI=1S/C16H24N4O2/c21-10-11-8-12-5-6-13(9-11)20(12)16(22)15-18-17-14-4-2-1-3-7-19(14)15/h11-13,21H,1-10H2/t11?,12-,13+. The largest absolute Gasteiger partial charge is 0.396 e. The Hall–Kier alpha value is -1.43. The highest BCUT2D eigenvalue weighted by molar-refractivity contribution is 5.91. The summed E-state index contributed by atoms with van der Waals surface area (Å²) in [7, 11) is 0. The summed E-state index contributed by atoms with van der Waals surface area (Å²) in [5, 5.41) is 17.9. The maximum atomic E-state index is 13.0. The molecule has 22 heavy (non-hydrogen) atoms. The molecular weight excluding hydrogens is 280 g/mol. The van der Waals surface area contributed by atoms with E-state index in [4.69, 9.17) is 0 Å². The summed E-state index contributed by atoms with van der Waals surface area (Å²) in [4.78, 5) is 15.1. The zero-order chi connectivity index (χ0) is 15.1. The van der Waals surface area contributed by atoms with Gasteiger partial charge in [0.25, 0.3) is 5.91 Å². The molecule has 3 aliphatic heterocycles. The molecule has 0 spiro atoms. The number of aliphatic hydroxyl groups is 1. The van der Waals surface area contributed by atoms with Crippen molar-refractivity contribution in [1.82, 2.24) is 19.7 Å². The first-order valence-corrected chi connectivity index (χ1v) is 8.63. The third-order valence-electron chi connectivity index (χ3n) is 5.62. The second kappa shape index (κ2) is 5.65. The van der Waals surface area contributed by atoms with Crippen molar-refractivity contribution in [1.29, 1.82) is 0 Å². The van der Waals surface area contributed by atoms with Gasteiger partial charge in [-0.2, -0.15) is 0 Å². The summed E-state index contributed by atoms with van der Waals surface area (Å²) in [5.41, 5.74) is 0. The quantitative estimate of drug-likeness (QED) is 0.896. The molecule has 3 aliphatic rings. The third kappa shape index (κ3) is 2.24. The molecule has 2 bridgehead atoms. The van der Waals surface area contributed by atoms with Gasteiger partial charge in [0, 0.05) is 31.7 Å². The lowest BCUT2D eigenvalue weighted by molar-refractivity contribution is 0.0436. The van der Waals surface area contributed by atoms with Gasteiger partial charge in [0.2, 0.25) is 5.82 Å². The van der Waals surface area contributed by atoms with Crippen LogP contribution in [0.5, 0.6) is 0 Å². The number of hydrogen-bond donors (Lipinski definition) is 1. The van der Waals surface area contributed by atoms with E-state index in [9.17, 15) is 9.90 Å². The molecule has 2 saturated heterocycles. The van der Waals surface area contributed by atoms with E-state index >= 15 is 0 Å². The third-order valence-corrected chi connectivity index (χ3v) is 5.62. The van der Waals surface area contributed by atoms with Crippen LogP contribution in [0.2, 0.25) is 0 Å². The fourth-order valence-electron chi connectivity index (χ4n) is 4.53. The number of carbonyl (C=O) groups excluding carboxylic acids is 1. The van der Waals surface area contributed by atoms with Crippen molar-refractivity contribution in [3.8, 4) is 0 Å². The molecule has 1 amide bonds. The molecule has 1 aromatic rings. The van der Waals surface area contributed by atoms with E-state index in [1.807, 2.05) is 9.47 Å². The van der Waals surface area contributed by atoms with E-state index in [0.29, 0.717) is 11.7 Å². The van der Waals surface area contributed by atoms with E-state index in [2.05, 4.69) is 10.2 Å². The van der Waals surface area contributed by atoms with Gasteiger partial charge < -0.3 is 14.6 Å². The number of carbonyl (C=O) groups is 1. The Morgan fingerprint density at radius 2 is 1.91 bits per heavy atom.